The van der Waals surface area contributed by atoms with Gasteiger partial charge in [0.2, 0.25) is 0 Å². The summed E-state index contributed by atoms with van der Waals surface area (Å²) < 4.78 is 21.1. The van der Waals surface area contributed by atoms with Crippen LogP contribution in [0, 0.1) is 0 Å². The van der Waals surface area contributed by atoms with Crippen LogP contribution in [-0.2, 0) is 18.9 Å². The Morgan fingerprint density at radius 3 is 1.42 bits per heavy atom. The monoisotopic (exact) mass is 176 g/mol. The highest BCUT2D eigenvalue weighted by molar-refractivity contribution is 4.73. The van der Waals surface area contributed by atoms with Crippen molar-refractivity contribution in [1.82, 2.24) is 0 Å². The Hall–Kier alpha value is -0.160. The zero-order valence-corrected chi connectivity index (χ0v) is 8.05. The number of rotatable bonds is 2. The van der Waals surface area contributed by atoms with Gasteiger partial charge in [0.25, 0.3) is 0 Å². The third-order valence-corrected chi connectivity index (χ3v) is 2.14. The van der Waals surface area contributed by atoms with Crippen LogP contribution in [0.1, 0.15) is 13.8 Å². The van der Waals surface area contributed by atoms with Crippen LogP contribution < -0.4 is 0 Å². The molecule has 0 aliphatic carbocycles. The van der Waals surface area contributed by atoms with Crippen LogP contribution in [0.3, 0.4) is 0 Å². The van der Waals surface area contributed by atoms with Gasteiger partial charge < -0.3 is 18.9 Å². The summed E-state index contributed by atoms with van der Waals surface area (Å²) in [4.78, 5) is 0. The average Bonchev–Trinajstić information content (AvgIpc) is 2.11. The van der Waals surface area contributed by atoms with Crippen LogP contribution in [0.25, 0.3) is 0 Å². The van der Waals surface area contributed by atoms with Crippen LogP contribution in [0.4, 0.5) is 0 Å². The van der Waals surface area contributed by atoms with E-state index in [4.69, 9.17) is 18.9 Å². The third kappa shape index (κ3) is 1.95. The first-order chi connectivity index (χ1) is 5.54. The van der Waals surface area contributed by atoms with Crippen LogP contribution >= 0.6 is 0 Å². The molecule has 0 amide bonds. The second-order valence-electron chi connectivity index (χ2n) is 3.25. The van der Waals surface area contributed by atoms with Gasteiger partial charge in [0.15, 0.2) is 11.6 Å². The normalized spacial score (nSPS) is 43.0. The first-order valence-corrected chi connectivity index (χ1v) is 3.92. The quantitative estimate of drug-likeness (QED) is 0.622. The summed E-state index contributed by atoms with van der Waals surface area (Å²) in [5.74, 6) is -1.25. The molecule has 0 radical (unpaired) electrons. The van der Waals surface area contributed by atoms with Crippen molar-refractivity contribution in [1.29, 1.82) is 0 Å². The number of hydrogen-bond acceptors (Lipinski definition) is 4. The van der Waals surface area contributed by atoms with E-state index in [1.54, 1.807) is 14.2 Å². The Bertz CT molecular complexity index is 131. The van der Waals surface area contributed by atoms with Crippen molar-refractivity contribution in [2.45, 2.75) is 25.4 Å². The van der Waals surface area contributed by atoms with Crippen molar-refractivity contribution in [3.05, 3.63) is 0 Å². The lowest BCUT2D eigenvalue weighted by atomic mass is 10.2. The molecule has 0 aromatic rings. The summed E-state index contributed by atoms with van der Waals surface area (Å²) in [6, 6.07) is 0. The maximum atomic E-state index is 5.45. The lowest BCUT2D eigenvalue weighted by molar-refractivity contribution is -0.365. The maximum absolute atomic E-state index is 5.45. The molecule has 72 valence electrons. The highest BCUT2D eigenvalue weighted by Gasteiger charge is 2.39. The van der Waals surface area contributed by atoms with Crippen LogP contribution in [0.2, 0.25) is 0 Å². The molecule has 0 aromatic carbocycles. The lowest BCUT2D eigenvalue weighted by Crippen LogP contribution is -2.52. The minimum atomic E-state index is -0.627. The molecule has 0 unspecified atom stereocenters. The van der Waals surface area contributed by atoms with Gasteiger partial charge in [0.05, 0.1) is 0 Å². The molecule has 0 spiro atoms. The Morgan fingerprint density at radius 1 is 0.917 bits per heavy atom. The van der Waals surface area contributed by atoms with Gasteiger partial charge in [-0.05, 0) is 13.8 Å². The van der Waals surface area contributed by atoms with Gasteiger partial charge in [-0.3, -0.25) is 0 Å². The molecule has 0 N–H and O–H groups in total. The summed E-state index contributed by atoms with van der Waals surface area (Å²) in [6.07, 6.45) is 0. The summed E-state index contributed by atoms with van der Waals surface area (Å²) >= 11 is 0. The van der Waals surface area contributed by atoms with E-state index in [1.807, 2.05) is 13.8 Å². The highest BCUT2D eigenvalue weighted by atomic mass is 16.8. The molecule has 12 heavy (non-hydrogen) atoms. The van der Waals surface area contributed by atoms with Gasteiger partial charge in [-0.15, -0.1) is 0 Å². The van der Waals surface area contributed by atoms with E-state index < -0.39 is 11.6 Å². The molecule has 1 heterocycles. The predicted octanol–water partition coefficient (Wildman–Crippen LogP) is 0.758. The van der Waals surface area contributed by atoms with Gasteiger partial charge in [0.1, 0.15) is 13.2 Å². The van der Waals surface area contributed by atoms with E-state index in [0.717, 1.165) is 0 Å². The van der Waals surface area contributed by atoms with Crippen molar-refractivity contribution in [2.75, 3.05) is 27.4 Å². The van der Waals surface area contributed by atoms with E-state index >= 15 is 0 Å². The number of hydrogen-bond donors (Lipinski definition) is 0. The van der Waals surface area contributed by atoms with Crippen molar-refractivity contribution in [2.24, 2.45) is 0 Å². The third-order valence-electron chi connectivity index (χ3n) is 2.14. The van der Waals surface area contributed by atoms with E-state index in [-0.39, 0.29) is 0 Å². The predicted molar refractivity (Wildman–Crippen MR) is 42.7 cm³/mol. The number of ether oxygens (including phenoxy) is 4. The smallest absolute Gasteiger partial charge is 0.188 e. The van der Waals surface area contributed by atoms with Gasteiger partial charge in [0, 0.05) is 14.2 Å². The van der Waals surface area contributed by atoms with E-state index in [2.05, 4.69) is 0 Å². The van der Waals surface area contributed by atoms with Crippen molar-refractivity contribution in [3.8, 4) is 0 Å². The summed E-state index contributed by atoms with van der Waals surface area (Å²) in [5.41, 5.74) is 0. The highest BCUT2D eigenvalue weighted by Crippen LogP contribution is 2.25. The molecule has 2 atom stereocenters. The van der Waals surface area contributed by atoms with Crippen molar-refractivity contribution >= 4 is 0 Å². The van der Waals surface area contributed by atoms with Crippen molar-refractivity contribution < 1.29 is 18.9 Å². The average molecular weight is 176 g/mol. The Balaban J connectivity index is 2.49. The van der Waals surface area contributed by atoms with Crippen LogP contribution in [0.5, 0.6) is 0 Å². The van der Waals surface area contributed by atoms with E-state index in [9.17, 15) is 0 Å². The fourth-order valence-corrected chi connectivity index (χ4v) is 0.887. The molecule has 1 aliphatic rings. The van der Waals surface area contributed by atoms with Crippen LogP contribution in [-0.4, -0.2) is 39.0 Å². The Labute approximate surface area is 72.7 Å². The van der Waals surface area contributed by atoms with Gasteiger partial charge in [-0.25, -0.2) is 0 Å². The molecule has 1 rings (SSSR count). The Morgan fingerprint density at radius 2 is 1.25 bits per heavy atom. The lowest BCUT2D eigenvalue weighted by Gasteiger charge is -2.41. The fourth-order valence-electron chi connectivity index (χ4n) is 0.887. The first kappa shape index (κ1) is 9.92. The minimum absolute atomic E-state index is 0.383. The second kappa shape index (κ2) is 3.30. The largest absolute Gasteiger partial charge is 0.351 e. The fraction of sp³-hybridized carbons (Fsp3) is 1.00. The van der Waals surface area contributed by atoms with E-state index in [0.29, 0.717) is 13.2 Å². The summed E-state index contributed by atoms with van der Waals surface area (Å²) in [6.45, 7) is 4.44. The molecule has 0 bridgehead atoms. The molecule has 1 aliphatic heterocycles. The standard InChI is InChI=1S/C8H16O4/c1-7(9-3)5-12-8(2,10-4)6-11-7/h5-6H2,1-4H3/t7-,8+. The molecule has 0 aromatic heterocycles. The van der Waals surface area contributed by atoms with Gasteiger partial charge in [-0.2, -0.15) is 0 Å². The minimum Gasteiger partial charge on any atom is -0.351 e. The molecular weight excluding hydrogens is 160 g/mol. The summed E-state index contributed by atoms with van der Waals surface area (Å²) in [7, 11) is 3.19. The topological polar surface area (TPSA) is 36.9 Å². The molecular formula is C8H16O4. The molecule has 4 heteroatoms. The summed E-state index contributed by atoms with van der Waals surface area (Å²) in [5, 5.41) is 0. The van der Waals surface area contributed by atoms with Gasteiger partial charge in [-0.1, -0.05) is 0 Å². The zero-order chi connectivity index (χ0) is 9.24. The van der Waals surface area contributed by atoms with E-state index in [1.165, 1.54) is 0 Å². The molecule has 1 fully saturated rings. The molecule has 0 saturated carbocycles. The second-order valence-corrected chi connectivity index (χ2v) is 3.25. The SMILES string of the molecule is CO[C@]1(C)CO[C@@](C)(OC)CO1. The zero-order valence-electron chi connectivity index (χ0n) is 8.05. The van der Waals surface area contributed by atoms with Crippen LogP contribution in [0.15, 0.2) is 0 Å². The maximum Gasteiger partial charge on any atom is 0.188 e. The van der Waals surface area contributed by atoms with Crippen molar-refractivity contribution in [3.63, 3.8) is 0 Å². The number of methoxy groups -OCH3 is 2. The molecule has 1 saturated heterocycles. The first-order valence-electron chi connectivity index (χ1n) is 3.92. The molecule has 4 nitrogen and oxygen atoms in total. The van der Waals surface area contributed by atoms with Gasteiger partial charge >= 0.3 is 0 Å². The Kier molecular flexibility index (Phi) is 2.73.